The molecule has 9 heteroatoms. The Labute approximate surface area is 149 Å². The number of benzene rings is 1. The van der Waals surface area contributed by atoms with Crippen LogP contribution in [-0.2, 0) is 4.79 Å². The average Bonchev–Trinajstić information content (AvgIpc) is 2.96. The van der Waals surface area contributed by atoms with Gasteiger partial charge in [-0.25, -0.2) is 0 Å². The van der Waals surface area contributed by atoms with E-state index in [4.69, 9.17) is 4.74 Å². The van der Waals surface area contributed by atoms with Crippen LogP contribution in [0.2, 0.25) is 0 Å². The molecule has 0 radical (unpaired) electrons. The van der Waals surface area contributed by atoms with E-state index < -0.39 is 0 Å². The van der Waals surface area contributed by atoms with Gasteiger partial charge in [-0.3, -0.25) is 9.79 Å². The number of methoxy groups -OCH3 is 1. The van der Waals surface area contributed by atoms with Gasteiger partial charge in [-0.2, -0.15) is 0 Å². The lowest BCUT2D eigenvalue weighted by atomic mass is 10.3. The van der Waals surface area contributed by atoms with Crippen LogP contribution in [0, 0.1) is 0 Å². The summed E-state index contributed by atoms with van der Waals surface area (Å²) >= 11 is 13.7. The molecule has 20 heavy (non-hydrogen) atoms. The van der Waals surface area contributed by atoms with Gasteiger partial charge in [-0.1, -0.05) is 0 Å². The molecule has 1 aromatic rings. The molecule has 1 heterocycles. The molecular formula is C11H9Br4N3O2. The van der Waals surface area contributed by atoms with Crippen LogP contribution >= 0.6 is 63.7 Å². The van der Waals surface area contributed by atoms with Gasteiger partial charge in [-0.15, -0.1) is 0 Å². The first-order valence-electron chi connectivity index (χ1n) is 5.47. The molecule has 2 rings (SSSR count). The van der Waals surface area contributed by atoms with Gasteiger partial charge in [0.25, 0.3) is 5.91 Å². The maximum absolute atomic E-state index is 12.1. The highest BCUT2D eigenvalue weighted by molar-refractivity contribution is 9.14. The van der Waals surface area contributed by atoms with Gasteiger partial charge >= 0.3 is 0 Å². The van der Waals surface area contributed by atoms with Crippen LogP contribution in [0.25, 0.3) is 0 Å². The van der Waals surface area contributed by atoms with Crippen molar-refractivity contribution in [2.24, 2.45) is 4.99 Å². The Morgan fingerprint density at radius 2 is 1.80 bits per heavy atom. The summed E-state index contributed by atoms with van der Waals surface area (Å²) in [5.74, 6) is 0.679. The first kappa shape index (κ1) is 16.3. The van der Waals surface area contributed by atoms with Crippen LogP contribution in [0.4, 0.5) is 5.69 Å². The number of amidine groups is 1. The van der Waals surface area contributed by atoms with Gasteiger partial charge in [0, 0.05) is 6.54 Å². The molecule has 0 fully saturated rings. The van der Waals surface area contributed by atoms with E-state index in [1.54, 1.807) is 7.11 Å². The number of anilines is 1. The molecular weight excluding hydrogens is 526 g/mol. The molecule has 1 aliphatic rings. The van der Waals surface area contributed by atoms with E-state index in [1.807, 2.05) is 0 Å². The topological polar surface area (TPSA) is 62.7 Å². The predicted molar refractivity (Wildman–Crippen MR) is 92.7 cm³/mol. The second-order valence-corrected chi connectivity index (χ2v) is 6.95. The fraction of sp³-hybridized carbons (Fsp3) is 0.273. The van der Waals surface area contributed by atoms with Crippen molar-refractivity contribution in [2.45, 2.75) is 0 Å². The number of carbonyl (C=O) groups excluding carboxylic acids is 1. The summed E-state index contributed by atoms with van der Waals surface area (Å²) in [6.07, 6.45) is 0. The van der Waals surface area contributed by atoms with Crippen LogP contribution in [0.5, 0.6) is 5.75 Å². The molecule has 0 spiro atoms. The Kier molecular flexibility index (Phi) is 5.49. The first-order chi connectivity index (χ1) is 9.47. The second kappa shape index (κ2) is 6.76. The summed E-state index contributed by atoms with van der Waals surface area (Å²) in [6.45, 7) is 1.29. The Bertz CT molecular complexity index is 575. The minimum Gasteiger partial charge on any atom is -0.494 e. The number of aliphatic imine (C=N–C) groups is 1. The fourth-order valence-corrected chi connectivity index (χ4v) is 4.23. The molecule has 0 atom stereocenters. The van der Waals surface area contributed by atoms with E-state index >= 15 is 0 Å². The third-order valence-electron chi connectivity index (χ3n) is 2.55. The molecule has 0 saturated carbocycles. The number of nitrogens with one attached hydrogen (secondary N) is 2. The van der Waals surface area contributed by atoms with E-state index in [2.05, 4.69) is 79.3 Å². The summed E-state index contributed by atoms with van der Waals surface area (Å²) in [6, 6.07) is 0. The Morgan fingerprint density at radius 3 is 2.25 bits per heavy atom. The highest BCUT2D eigenvalue weighted by atomic mass is 79.9. The lowest BCUT2D eigenvalue weighted by Crippen LogP contribution is -2.32. The average molecular weight is 535 g/mol. The zero-order valence-electron chi connectivity index (χ0n) is 10.2. The zero-order valence-corrected chi connectivity index (χ0v) is 16.5. The van der Waals surface area contributed by atoms with Crippen molar-refractivity contribution >= 4 is 81.1 Å². The number of carbonyl (C=O) groups is 1. The minimum absolute atomic E-state index is 0.284. The molecule has 1 amide bonds. The van der Waals surface area contributed by atoms with Crippen molar-refractivity contribution in [1.29, 1.82) is 0 Å². The Morgan fingerprint density at radius 1 is 1.20 bits per heavy atom. The lowest BCUT2D eigenvalue weighted by molar-refractivity contribution is -0.110. The summed E-state index contributed by atoms with van der Waals surface area (Å²) in [4.78, 5) is 16.2. The zero-order chi connectivity index (χ0) is 14.9. The van der Waals surface area contributed by atoms with Crippen LogP contribution in [-0.4, -0.2) is 31.9 Å². The van der Waals surface area contributed by atoms with Crippen molar-refractivity contribution < 1.29 is 9.53 Å². The van der Waals surface area contributed by atoms with Crippen molar-refractivity contribution in [3.05, 3.63) is 17.9 Å². The number of nitrogens with zero attached hydrogens (tertiary/aromatic N) is 1. The molecule has 0 aromatic heterocycles. The molecule has 0 saturated heterocycles. The Hall–Kier alpha value is -0.120. The number of hydrogen-bond acceptors (Lipinski definition) is 4. The summed E-state index contributed by atoms with van der Waals surface area (Å²) in [5, 5.41) is 5.74. The summed E-state index contributed by atoms with van der Waals surface area (Å²) < 4.78 is 8.05. The molecule has 2 N–H and O–H groups in total. The van der Waals surface area contributed by atoms with Crippen molar-refractivity contribution in [3.63, 3.8) is 0 Å². The quantitative estimate of drug-likeness (QED) is 0.582. The smallest absolute Gasteiger partial charge is 0.290 e. The van der Waals surface area contributed by atoms with E-state index in [-0.39, 0.29) is 5.91 Å². The van der Waals surface area contributed by atoms with Crippen LogP contribution in [0.1, 0.15) is 0 Å². The molecule has 1 aromatic carbocycles. The first-order valence-corrected chi connectivity index (χ1v) is 8.64. The van der Waals surface area contributed by atoms with Crippen molar-refractivity contribution in [3.8, 4) is 5.75 Å². The normalized spacial score (nSPS) is 13.8. The molecule has 0 bridgehead atoms. The van der Waals surface area contributed by atoms with Gasteiger partial charge < -0.3 is 15.4 Å². The van der Waals surface area contributed by atoms with E-state index in [1.165, 1.54) is 0 Å². The largest absolute Gasteiger partial charge is 0.494 e. The van der Waals surface area contributed by atoms with Gasteiger partial charge in [0.15, 0.2) is 5.84 Å². The number of amides is 1. The van der Waals surface area contributed by atoms with Gasteiger partial charge in [0.1, 0.15) is 5.75 Å². The van der Waals surface area contributed by atoms with Crippen molar-refractivity contribution in [1.82, 2.24) is 5.32 Å². The SMILES string of the molecule is COc1c(Br)c(Br)c(NC(=O)C2=NCCN2)c(Br)c1Br. The van der Waals surface area contributed by atoms with Crippen LogP contribution in [0.15, 0.2) is 22.9 Å². The van der Waals surface area contributed by atoms with Gasteiger partial charge in [0.05, 0.1) is 37.2 Å². The minimum atomic E-state index is -0.284. The Balaban J connectivity index is 2.39. The highest BCUT2D eigenvalue weighted by Gasteiger charge is 2.23. The maximum Gasteiger partial charge on any atom is 0.290 e. The highest BCUT2D eigenvalue weighted by Crippen LogP contribution is 2.48. The van der Waals surface area contributed by atoms with Crippen molar-refractivity contribution in [2.75, 3.05) is 25.5 Å². The summed E-state index contributed by atoms with van der Waals surface area (Å²) in [7, 11) is 1.57. The molecule has 0 aliphatic carbocycles. The third kappa shape index (κ3) is 3.05. The number of ether oxygens (including phenoxy) is 1. The van der Waals surface area contributed by atoms with E-state index in [0.29, 0.717) is 48.3 Å². The van der Waals surface area contributed by atoms with Crippen LogP contribution < -0.4 is 15.4 Å². The van der Waals surface area contributed by atoms with Crippen LogP contribution in [0.3, 0.4) is 0 Å². The molecule has 5 nitrogen and oxygen atoms in total. The molecule has 1 aliphatic heterocycles. The van der Waals surface area contributed by atoms with E-state index in [9.17, 15) is 4.79 Å². The standard InChI is InChI=1S/C11H9Br4N3O2/c1-20-9-6(14)4(12)8(5(13)7(9)15)18-11(19)10-16-2-3-17-10/h2-3H2,1H3,(H,16,17)(H,18,19). The lowest BCUT2D eigenvalue weighted by Gasteiger charge is -2.16. The molecule has 108 valence electrons. The predicted octanol–water partition coefficient (Wildman–Crippen LogP) is 3.69. The number of rotatable bonds is 3. The number of hydrogen-bond donors (Lipinski definition) is 2. The van der Waals surface area contributed by atoms with E-state index in [0.717, 1.165) is 0 Å². The monoisotopic (exact) mass is 531 g/mol. The number of halogens is 4. The maximum atomic E-state index is 12.1. The second-order valence-electron chi connectivity index (χ2n) is 3.78. The third-order valence-corrected chi connectivity index (χ3v) is 6.72. The van der Waals surface area contributed by atoms with Gasteiger partial charge in [0.2, 0.25) is 0 Å². The fourth-order valence-electron chi connectivity index (χ4n) is 1.62. The molecule has 0 unspecified atom stereocenters. The van der Waals surface area contributed by atoms with Gasteiger partial charge in [-0.05, 0) is 63.7 Å². The summed E-state index contributed by atoms with van der Waals surface area (Å²) in [5.41, 5.74) is 0.589.